The molecule has 0 amide bonds. The average Bonchev–Trinajstić information content (AvgIpc) is 3.28. The highest BCUT2D eigenvalue weighted by atomic mass is 35.5. The fraction of sp³-hybridized carbons (Fsp3) is 0.607. The Kier molecular flexibility index (Phi) is 9.49. The van der Waals surface area contributed by atoms with Crippen LogP contribution in [0.5, 0.6) is 5.88 Å². The SMILES string of the molecule is COC1CC2(C1)CN(c1ccc([N+](=O)[O-])c(OCCCNc3nc(Cl)nc4c3c(C(F)(F)F)cn4COCC[Si](C)(C)C)n1)C2. The third-order valence-corrected chi connectivity index (χ3v) is 10.0. The molecular weight excluding hydrogens is 635 g/mol. The fourth-order valence-corrected chi connectivity index (χ4v) is 6.61. The third-order valence-electron chi connectivity index (χ3n) is 8.13. The molecule has 0 atom stereocenters. The molecular formula is C28H37ClF3N7O5Si. The van der Waals surface area contributed by atoms with Crippen molar-refractivity contribution in [1.82, 2.24) is 19.5 Å². The van der Waals surface area contributed by atoms with Crippen LogP contribution < -0.4 is 15.0 Å². The largest absolute Gasteiger partial charge is 0.473 e. The topological polar surface area (TPSA) is 130 Å². The number of ether oxygens (including phenoxy) is 3. The maximum atomic E-state index is 14.1. The number of halogens is 4. The van der Waals surface area contributed by atoms with Gasteiger partial charge >= 0.3 is 11.9 Å². The van der Waals surface area contributed by atoms with Gasteiger partial charge in [-0.2, -0.15) is 23.1 Å². The summed E-state index contributed by atoms with van der Waals surface area (Å²) < 4.78 is 60.2. The van der Waals surface area contributed by atoms with E-state index in [0.29, 0.717) is 12.4 Å². The number of hydrogen-bond acceptors (Lipinski definition) is 10. The summed E-state index contributed by atoms with van der Waals surface area (Å²) in [6, 6.07) is 3.84. The second-order valence-corrected chi connectivity index (χ2v) is 18.9. The molecule has 0 aromatic carbocycles. The van der Waals surface area contributed by atoms with Crippen molar-refractivity contribution >= 4 is 48.0 Å². The number of alkyl halides is 3. The number of pyridine rings is 1. The fourth-order valence-electron chi connectivity index (χ4n) is 5.69. The summed E-state index contributed by atoms with van der Waals surface area (Å²) in [6.45, 7) is 8.60. The van der Waals surface area contributed by atoms with Crippen LogP contribution >= 0.6 is 11.6 Å². The Hall–Kier alpha value is -3.21. The monoisotopic (exact) mass is 671 g/mol. The summed E-state index contributed by atoms with van der Waals surface area (Å²) in [5, 5.41) is 14.1. The number of rotatable bonds is 14. The Balaban J connectivity index is 1.23. The van der Waals surface area contributed by atoms with E-state index in [1.165, 1.54) is 10.6 Å². The van der Waals surface area contributed by atoms with Gasteiger partial charge in [-0.05, 0) is 43.0 Å². The second kappa shape index (κ2) is 12.9. The first kappa shape index (κ1) is 33.2. The first-order valence-electron chi connectivity index (χ1n) is 14.7. The molecule has 0 radical (unpaired) electrons. The predicted octanol–water partition coefficient (Wildman–Crippen LogP) is 6.22. The first-order chi connectivity index (χ1) is 21.2. The summed E-state index contributed by atoms with van der Waals surface area (Å²) >= 11 is 6.11. The summed E-state index contributed by atoms with van der Waals surface area (Å²) in [5.41, 5.74) is -0.971. The maximum Gasteiger partial charge on any atom is 0.418 e. The van der Waals surface area contributed by atoms with Crippen LogP contribution in [0.4, 0.5) is 30.5 Å². The standard InChI is InChI=1S/C28H37ClF3N7O5Si/c1-42-18-12-27(13-18)15-38(16-27)21-7-6-20(39(40)41)25(34-21)44-9-5-8-33-23-22-19(28(30,31)32)14-37(24(22)36-26(29)35-23)17-43-10-11-45(2,3)4/h6-7,14,18H,5,8-13,15-17H2,1-4H3,(H,33,35,36). The van der Waals surface area contributed by atoms with Gasteiger partial charge in [0.1, 0.15) is 24.0 Å². The van der Waals surface area contributed by atoms with Crippen LogP contribution in [-0.4, -0.2) is 78.6 Å². The zero-order valence-corrected chi connectivity index (χ0v) is 27.4. The highest BCUT2D eigenvalue weighted by molar-refractivity contribution is 6.76. The Labute approximate surface area is 264 Å². The van der Waals surface area contributed by atoms with E-state index in [1.807, 2.05) is 0 Å². The molecule has 17 heteroatoms. The molecule has 2 aliphatic rings. The van der Waals surface area contributed by atoms with E-state index in [4.69, 9.17) is 25.8 Å². The van der Waals surface area contributed by atoms with Crippen LogP contribution in [0.25, 0.3) is 11.0 Å². The van der Waals surface area contributed by atoms with Crippen LogP contribution in [0.3, 0.4) is 0 Å². The zero-order valence-electron chi connectivity index (χ0n) is 25.6. The molecule has 3 aromatic rings. The molecule has 5 rings (SSSR count). The van der Waals surface area contributed by atoms with Crippen molar-refractivity contribution in [2.45, 2.75) is 64.0 Å². The Morgan fingerprint density at radius 3 is 2.56 bits per heavy atom. The number of nitrogens with zero attached hydrogens (tertiary/aromatic N) is 6. The van der Waals surface area contributed by atoms with Crippen molar-refractivity contribution in [3.8, 4) is 5.88 Å². The molecule has 3 aromatic heterocycles. The van der Waals surface area contributed by atoms with Crippen LogP contribution in [-0.2, 0) is 22.4 Å². The highest BCUT2D eigenvalue weighted by Gasteiger charge is 2.53. The van der Waals surface area contributed by atoms with Crippen LogP contribution in [0, 0.1) is 15.5 Å². The van der Waals surface area contributed by atoms with Gasteiger partial charge in [-0.3, -0.25) is 10.1 Å². The lowest BCUT2D eigenvalue weighted by molar-refractivity contribution is -0.386. The summed E-state index contributed by atoms with van der Waals surface area (Å²) in [4.78, 5) is 25.6. The Bertz CT molecular complexity index is 1540. The molecule has 1 saturated carbocycles. The maximum absolute atomic E-state index is 14.1. The van der Waals surface area contributed by atoms with Gasteiger partial charge < -0.3 is 29.0 Å². The van der Waals surface area contributed by atoms with Crippen molar-refractivity contribution in [3.63, 3.8) is 0 Å². The van der Waals surface area contributed by atoms with E-state index >= 15 is 0 Å². The number of hydrogen-bond donors (Lipinski definition) is 1. The number of aromatic nitrogens is 4. The molecule has 1 spiro atoms. The molecule has 1 aliphatic heterocycles. The minimum absolute atomic E-state index is 0.00173. The molecule has 0 unspecified atom stereocenters. The van der Waals surface area contributed by atoms with E-state index in [1.54, 1.807) is 13.2 Å². The van der Waals surface area contributed by atoms with Crippen molar-refractivity contribution in [1.29, 1.82) is 0 Å². The number of fused-ring (bicyclic) bond motifs is 1. The summed E-state index contributed by atoms with van der Waals surface area (Å²) in [7, 11) is 0.322. The van der Waals surface area contributed by atoms with Gasteiger partial charge in [-0.15, -0.1) is 0 Å². The minimum atomic E-state index is -4.67. The van der Waals surface area contributed by atoms with Gasteiger partial charge in [0.15, 0.2) is 0 Å². The summed E-state index contributed by atoms with van der Waals surface area (Å²) in [5.74, 6) is 0.398. The lowest BCUT2D eigenvalue weighted by atomic mass is 9.62. The lowest BCUT2D eigenvalue weighted by Gasteiger charge is -2.58. The minimum Gasteiger partial charge on any atom is -0.473 e. The second-order valence-electron chi connectivity index (χ2n) is 12.9. The van der Waals surface area contributed by atoms with Gasteiger partial charge in [0.25, 0.3) is 5.88 Å². The number of methoxy groups -OCH3 is 1. The van der Waals surface area contributed by atoms with E-state index in [-0.39, 0.29) is 71.5 Å². The van der Waals surface area contributed by atoms with Gasteiger partial charge in [0.2, 0.25) is 5.28 Å². The number of nitro groups is 1. The molecule has 0 bridgehead atoms. The Morgan fingerprint density at radius 1 is 1.18 bits per heavy atom. The van der Waals surface area contributed by atoms with Gasteiger partial charge in [-0.25, -0.2) is 4.98 Å². The Morgan fingerprint density at radius 2 is 1.91 bits per heavy atom. The van der Waals surface area contributed by atoms with Gasteiger partial charge in [0, 0.05) is 59.1 Å². The number of anilines is 2. The molecule has 1 saturated heterocycles. The lowest BCUT2D eigenvalue weighted by Crippen LogP contribution is -2.64. The predicted molar refractivity (Wildman–Crippen MR) is 166 cm³/mol. The van der Waals surface area contributed by atoms with Gasteiger partial charge in [-0.1, -0.05) is 19.6 Å². The normalized spacial score (nSPS) is 16.6. The van der Waals surface area contributed by atoms with Crippen molar-refractivity contribution in [2.75, 3.05) is 50.2 Å². The van der Waals surface area contributed by atoms with Crippen molar-refractivity contribution < 1.29 is 32.3 Å². The van der Waals surface area contributed by atoms with E-state index < -0.39 is 24.7 Å². The molecule has 45 heavy (non-hydrogen) atoms. The van der Waals surface area contributed by atoms with E-state index in [9.17, 15) is 23.3 Å². The number of nitrogens with one attached hydrogen (secondary N) is 1. The van der Waals surface area contributed by atoms with Crippen molar-refractivity contribution in [3.05, 3.63) is 39.3 Å². The van der Waals surface area contributed by atoms with Gasteiger partial charge in [0.05, 0.1) is 28.6 Å². The quantitative estimate of drug-likeness (QED) is 0.0694. The third kappa shape index (κ3) is 7.61. The first-order valence-corrected chi connectivity index (χ1v) is 18.8. The molecule has 246 valence electrons. The van der Waals surface area contributed by atoms with Crippen molar-refractivity contribution in [2.24, 2.45) is 5.41 Å². The van der Waals surface area contributed by atoms with Crippen LogP contribution in [0.2, 0.25) is 31.0 Å². The molecule has 4 heterocycles. The van der Waals surface area contributed by atoms with Crippen LogP contribution in [0.15, 0.2) is 18.3 Å². The molecule has 1 aliphatic carbocycles. The highest BCUT2D eigenvalue weighted by Crippen LogP contribution is 2.50. The van der Waals surface area contributed by atoms with E-state index in [0.717, 1.165) is 38.2 Å². The molecule has 12 nitrogen and oxygen atoms in total. The average molecular weight is 672 g/mol. The van der Waals surface area contributed by atoms with Crippen LogP contribution in [0.1, 0.15) is 24.8 Å². The molecule has 1 N–H and O–H groups in total. The summed E-state index contributed by atoms with van der Waals surface area (Å²) in [6.07, 6.45) is -1.20. The zero-order chi connectivity index (χ0) is 32.6. The smallest absolute Gasteiger partial charge is 0.418 e. The van der Waals surface area contributed by atoms with E-state index in [2.05, 4.69) is 44.8 Å². The molecule has 2 fully saturated rings.